The van der Waals surface area contributed by atoms with E-state index in [0.29, 0.717) is 11.6 Å². The number of benzene rings is 1. The summed E-state index contributed by atoms with van der Waals surface area (Å²) < 4.78 is 0. The molecule has 0 unspecified atom stereocenters. The fourth-order valence-electron chi connectivity index (χ4n) is 1.92. The molecule has 4 nitrogen and oxygen atoms in total. The topological polar surface area (TPSA) is 63.8 Å². The molecule has 0 aliphatic rings. The van der Waals surface area contributed by atoms with Gasteiger partial charge in [0, 0.05) is 11.4 Å². The Kier molecular flexibility index (Phi) is 4.63. The van der Waals surface area contributed by atoms with Crippen molar-refractivity contribution in [3.05, 3.63) is 47.3 Å². The molecule has 1 aromatic heterocycles. The highest BCUT2D eigenvalue weighted by molar-refractivity contribution is 7.80. The van der Waals surface area contributed by atoms with Gasteiger partial charge in [-0.2, -0.15) is 0 Å². The Labute approximate surface area is 124 Å². The molecule has 0 aliphatic carbocycles. The minimum atomic E-state index is 0.275. The number of nitrogens with two attached hydrogens (primary N) is 1. The summed E-state index contributed by atoms with van der Waals surface area (Å²) in [4.78, 5) is 8.91. The molecule has 0 spiro atoms. The first-order valence-corrected chi connectivity index (χ1v) is 7.00. The maximum absolute atomic E-state index is 5.61. The normalized spacial score (nSPS) is 10.3. The van der Waals surface area contributed by atoms with Crippen molar-refractivity contribution in [3.63, 3.8) is 0 Å². The summed E-state index contributed by atoms with van der Waals surface area (Å²) in [5.41, 5.74) is 9.29. The zero-order valence-corrected chi connectivity index (χ0v) is 12.5. The largest absolute Gasteiger partial charge is 0.388 e. The average Bonchev–Trinajstić information content (AvgIpc) is 2.40. The van der Waals surface area contributed by atoms with Gasteiger partial charge in [-0.3, -0.25) is 0 Å². The Morgan fingerprint density at radius 2 is 1.95 bits per heavy atom. The van der Waals surface area contributed by atoms with E-state index in [1.165, 1.54) is 5.56 Å². The zero-order valence-electron chi connectivity index (χ0n) is 11.7. The van der Waals surface area contributed by atoms with Gasteiger partial charge < -0.3 is 11.1 Å². The van der Waals surface area contributed by atoms with Crippen LogP contribution in [0.25, 0.3) is 0 Å². The first-order chi connectivity index (χ1) is 9.58. The van der Waals surface area contributed by atoms with Crippen LogP contribution in [-0.2, 0) is 6.42 Å². The SMILES string of the molecule is CCCc1ccc(Nc2nc(C)cc(C(N)=S)n2)cc1. The van der Waals surface area contributed by atoms with E-state index in [1.54, 1.807) is 6.07 Å². The second-order valence-electron chi connectivity index (χ2n) is 4.65. The van der Waals surface area contributed by atoms with E-state index in [2.05, 4.69) is 34.3 Å². The van der Waals surface area contributed by atoms with Crippen molar-refractivity contribution in [2.45, 2.75) is 26.7 Å². The summed E-state index contributed by atoms with van der Waals surface area (Å²) in [6.07, 6.45) is 2.23. The molecule has 2 rings (SSSR count). The molecule has 104 valence electrons. The lowest BCUT2D eigenvalue weighted by Crippen LogP contribution is -2.13. The summed E-state index contributed by atoms with van der Waals surface area (Å²) in [5.74, 6) is 0.510. The average molecular weight is 286 g/mol. The molecule has 3 N–H and O–H groups in total. The van der Waals surface area contributed by atoms with Crippen LogP contribution in [0.2, 0.25) is 0 Å². The fraction of sp³-hybridized carbons (Fsp3) is 0.267. The van der Waals surface area contributed by atoms with E-state index in [0.717, 1.165) is 24.2 Å². The molecule has 1 aromatic carbocycles. The molecule has 0 saturated carbocycles. The minimum absolute atomic E-state index is 0.275. The van der Waals surface area contributed by atoms with Crippen molar-refractivity contribution < 1.29 is 0 Å². The quantitative estimate of drug-likeness (QED) is 0.827. The molecule has 0 fully saturated rings. The summed E-state index contributed by atoms with van der Waals surface area (Å²) in [5, 5.41) is 3.17. The van der Waals surface area contributed by atoms with Crippen molar-refractivity contribution in [1.29, 1.82) is 0 Å². The Morgan fingerprint density at radius 1 is 1.25 bits per heavy atom. The summed E-state index contributed by atoms with van der Waals surface area (Å²) in [6.45, 7) is 4.06. The number of thiocarbonyl (C=S) groups is 1. The van der Waals surface area contributed by atoms with Crippen molar-refractivity contribution in [2.75, 3.05) is 5.32 Å². The maximum Gasteiger partial charge on any atom is 0.228 e. The Morgan fingerprint density at radius 3 is 2.55 bits per heavy atom. The first kappa shape index (κ1) is 14.4. The van der Waals surface area contributed by atoms with Crippen LogP contribution in [0, 0.1) is 6.92 Å². The highest BCUT2D eigenvalue weighted by atomic mass is 32.1. The number of nitrogens with one attached hydrogen (secondary N) is 1. The predicted molar refractivity (Wildman–Crippen MR) is 86.4 cm³/mol. The fourth-order valence-corrected chi connectivity index (χ4v) is 2.03. The monoisotopic (exact) mass is 286 g/mol. The number of rotatable bonds is 5. The lowest BCUT2D eigenvalue weighted by molar-refractivity contribution is 0.922. The number of anilines is 2. The molecular weight excluding hydrogens is 268 g/mol. The van der Waals surface area contributed by atoms with E-state index in [1.807, 2.05) is 19.1 Å². The third kappa shape index (κ3) is 3.74. The van der Waals surface area contributed by atoms with E-state index < -0.39 is 0 Å². The first-order valence-electron chi connectivity index (χ1n) is 6.60. The molecular formula is C15H18N4S. The lowest BCUT2D eigenvalue weighted by Gasteiger charge is -2.08. The van der Waals surface area contributed by atoms with Crippen LogP contribution in [0.5, 0.6) is 0 Å². The van der Waals surface area contributed by atoms with Gasteiger partial charge >= 0.3 is 0 Å². The van der Waals surface area contributed by atoms with Crippen LogP contribution in [-0.4, -0.2) is 15.0 Å². The van der Waals surface area contributed by atoms with Crippen LogP contribution < -0.4 is 11.1 Å². The molecule has 0 radical (unpaired) electrons. The standard InChI is InChI=1S/C15H18N4S/c1-3-4-11-5-7-12(8-6-11)18-15-17-10(2)9-13(19-15)14(16)20/h5-9H,3-4H2,1-2H3,(H2,16,20)(H,17,18,19). The van der Waals surface area contributed by atoms with Crippen LogP contribution in [0.15, 0.2) is 30.3 Å². The second-order valence-corrected chi connectivity index (χ2v) is 5.09. The van der Waals surface area contributed by atoms with E-state index in [4.69, 9.17) is 18.0 Å². The van der Waals surface area contributed by atoms with Gasteiger partial charge in [-0.15, -0.1) is 0 Å². The molecule has 5 heteroatoms. The van der Waals surface area contributed by atoms with Gasteiger partial charge in [-0.05, 0) is 37.1 Å². The van der Waals surface area contributed by atoms with Gasteiger partial charge in [0.1, 0.15) is 10.7 Å². The minimum Gasteiger partial charge on any atom is -0.388 e. The highest BCUT2D eigenvalue weighted by Crippen LogP contribution is 2.15. The Bertz CT molecular complexity index is 608. The summed E-state index contributed by atoms with van der Waals surface area (Å²) in [6, 6.07) is 10.0. The van der Waals surface area contributed by atoms with Crippen LogP contribution in [0.3, 0.4) is 0 Å². The lowest BCUT2D eigenvalue weighted by atomic mass is 10.1. The van der Waals surface area contributed by atoms with Crippen molar-refractivity contribution in [1.82, 2.24) is 9.97 Å². The number of hydrogen-bond donors (Lipinski definition) is 2. The Hall–Kier alpha value is -2.01. The molecule has 0 aliphatic heterocycles. The molecule has 0 bridgehead atoms. The molecule has 0 saturated heterocycles. The van der Waals surface area contributed by atoms with Gasteiger partial charge in [-0.25, -0.2) is 9.97 Å². The highest BCUT2D eigenvalue weighted by Gasteiger charge is 2.05. The summed E-state index contributed by atoms with van der Waals surface area (Å²) in [7, 11) is 0. The van der Waals surface area contributed by atoms with Crippen molar-refractivity contribution in [3.8, 4) is 0 Å². The van der Waals surface area contributed by atoms with Crippen LogP contribution >= 0.6 is 12.2 Å². The molecule has 1 heterocycles. The maximum atomic E-state index is 5.61. The van der Waals surface area contributed by atoms with E-state index in [-0.39, 0.29) is 4.99 Å². The van der Waals surface area contributed by atoms with Gasteiger partial charge in [0.05, 0.1) is 0 Å². The molecule has 0 amide bonds. The van der Waals surface area contributed by atoms with Crippen LogP contribution in [0.4, 0.5) is 11.6 Å². The smallest absolute Gasteiger partial charge is 0.228 e. The van der Waals surface area contributed by atoms with Gasteiger partial charge in [0.25, 0.3) is 0 Å². The van der Waals surface area contributed by atoms with Gasteiger partial charge in [0.2, 0.25) is 5.95 Å². The number of nitrogens with zero attached hydrogens (tertiary/aromatic N) is 2. The zero-order chi connectivity index (χ0) is 14.5. The third-order valence-electron chi connectivity index (χ3n) is 2.86. The number of aryl methyl sites for hydroxylation is 2. The summed E-state index contributed by atoms with van der Waals surface area (Å²) >= 11 is 4.95. The van der Waals surface area contributed by atoms with Crippen LogP contribution in [0.1, 0.15) is 30.3 Å². The van der Waals surface area contributed by atoms with E-state index in [9.17, 15) is 0 Å². The third-order valence-corrected chi connectivity index (χ3v) is 3.06. The molecule has 0 atom stereocenters. The van der Waals surface area contributed by atoms with Gasteiger partial charge in [0.15, 0.2) is 0 Å². The predicted octanol–water partition coefficient (Wildman–Crippen LogP) is 3.12. The molecule has 20 heavy (non-hydrogen) atoms. The molecule has 2 aromatic rings. The van der Waals surface area contributed by atoms with E-state index >= 15 is 0 Å². The van der Waals surface area contributed by atoms with Crippen molar-refractivity contribution in [2.24, 2.45) is 5.73 Å². The number of aromatic nitrogens is 2. The van der Waals surface area contributed by atoms with Gasteiger partial charge in [-0.1, -0.05) is 37.7 Å². The number of hydrogen-bond acceptors (Lipinski definition) is 4. The van der Waals surface area contributed by atoms with Crippen molar-refractivity contribution >= 4 is 28.8 Å². The second kappa shape index (κ2) is 6.43. The Balaban J connectivity index is 2.19.